The van der Waals surface area contributed by atoms with Gasteiger partial charge in [0.25, 0.3) is 0 Å². The molecule has 1 aliphatic heterocycles. The lowest BCUT2D eigenvalue weighted by Gasteiger charge is -2.19. The number of hydrogen-bond acceptors (Lipinski definition) is 2. The zero-order chi connectivity index (χ0) is 12.5. The number of rotatable bonds is 2. The minimum Gasteiger partial charge on any atom is -0.322 e. The van der Waals surface area contributed by atoms with Crippen molar-refractivity contribution in [1.82, 2.24) is 9.88 Å². The van der Waals surface area contributed by atoms with Gasteiger partial charge >= 0.3 is 0 Å². The van der Waals surface area contributed by atoms with Crippen LogP contribution in [0.1, 0.15) is 18.4 Å². The van der Waals surface area contributed by atoms with Gasteiger partial charge in [0.15, 0.2) is 0 Å². The molecule has 1 unspecified atom stereocenters. The first kappa shape index (κ1) is 11.5. The first-order valence-electron chi connectivity index (χ1n) is 6.54. The molecule has 1 atom stereocenters. The number of aromatic nitrogens is 1. The number of hydrogen-bond donors (Lipinski definition) is 1. The van der Waals surface area contributed by atoms with Crippen molar-refractivity contribution in [2.75, 3.05) is 13.6 Å². The van der Waals surface area contributed by atoms with Gasteiger partial charge in [0.1, 0.15) is 0 Å². The Morgan fingerprint density at radius 3 is 2.94 bits per heavy atom. The summed E-state index contributed by atoms with van der Waals surface area (Å²) in [6.07, 6.45) is 3.65. The molecule has 94 valence electrons. The minimum absolute atomic E-state index is 0.0300. The third-order valence-corrected chi connectivity index (χ3v) is 3.93. The molecule has 0 saturated carbocycles. The quantitative estimate of drug-likeness (QED) is 0.876. The van der Waals surface area contributed by atoms with E-state index in [0.717, 1.165) is 17.3 Å². The van der Waals surface area contributed by atoms with E-state index in [0.29, 0.717) is 6.04 Å². The summed E-state index contributed by atoms with van der Waals surface area (Å²) >= 11 is 0. The first-order chi connectivity index (χ1) is 8.72. The highest BCUT2D eigenvalue weighted by atomic mass is 16.1. The summed E-state index contributed by atoms with van der Waals surface area (Å²) in [6.45, 7) is 1.20. The van der Waals surface area contributed by atoms with Gasteiger partial charge in [-0.1, -0.05) is 12.1 Å². The number of pyridine rings is 1. The Hall–Kier alpha value is -1.61. The van der Waals surface area contributed by atoms with Gasteiger partial charge in [0.05, 0.1) is 0 Å². The van der Waals surface area contributed by atoms with Crippen molar-refractivity contribution in [3.63, 3.8) is 0 Å². The van der Waals surface area contributed by atoms with Gasteiger partial charge in [-0.25, -0.2) is 0 Å². The average Bonchev–Trinajstić information content (AvgIpc) is 2.74. The van der Waals surface area contributed by atoms with E-state index in [4.69, 9.17) is 0 Å². The molecule has 3 heteroatoms. The van der Waals surface area contributed by atoms with E-state index in [9.17, 15) is 4.79 Å². The molecule has 3 nitrogen and oxygen atoms in total. The van der Waals surface area contributed by atoms with Crippen LogP contribution in [0.2, 0.25) is 0 Å². The third kappa shape index (κ3) is 2.18. The van der Waals surface area contributed by atoms with E-state index in [2.05, 4.69) is 35.1 Å². The van der Waals surface area contributed by atoms with Crippen LogP contribution in [-0.4, -0.2) is 29.5 Å². The molecule has 1 aromatic carbocycles. The van der Waals surface area contributed by atoms with Crippen LogP contribution in [0.4, 0.5) is 0 Å². The number of benzene rings is 1. The first-order valence-corrected chi connectivity index (χ1v) is 6.54. The molecule has 2 heterocycles. The molecular weight excluding hydrogens is 224 g/mol. The predicted molar refractivity (Wildman–Crippen MR) is 73.9 cm³/mol. The van der Waals surface area contributed by atoms with Crippen molar-refractivity contribution >= 4 is 10.9 Å². The topological polar surface area (TPSA) is 36.1 Å². The van der Waals surface area contributed by atoms with Crippen molar-refractivity contribution < 1.29 is 0 Å². The van der Waals surface area contributed by atoms with Gasteiger partial charge in [0.2, 0.25) is 5.56 Å². The largest absolute Gasteiger partial charge is 0.322 e. The van der Waals surface area contributed by atoms with E-state index < -0.39 is 0 Å². The van der Waals surface area contributed by atoms with Gasteiger partial charge in [-0.15, -0.1) is 0 Å². The van der Waals surface area contributed by atoms with Crippen LogP contribution >= 0.6 is 0 Å². The van der Waals surface area contributed by atoms with E-state index >= 15 is 0 Å². The van der Waals surface area contributed by atoms with Crippen molar-refractivity contribution in [2.45, 2.75) is 25.3 Å². The molecule has 0 radical (unpaired) electrons. The van der Waals surface area contributed by atoms with Crippen LogP contribution in [0.15, 0.2) is 35.1 Å². The van der Waals surface area contributed by atoms with Gasteiger partial charge in [-0.2, -0.15) is 0 Å². The van der Waals surface area contributed by atoms with Gasteiger partial charge in [0, 0.05) is 17.6 Å². The van der Waals surface area contributed by atoms with Gasteiger partial charge < -0.3 is 9.88 Å². The molecule has 1 saturated heterocycles. The maximum absolute atomic E-state index is 11.3. The van der Waals surface area contributed by atoms with Crippen molar-refractivity contribution in [1.29, 1.82) is 0 Å². The molecule has 0 bridgehead atoms. The van der Waals surface area contributed by atoms with Crippen molar-refractivity contribution in [2.24, 2.45) is 0 Å². The maximum Gasteiger partial charge on any atom is 0.248 e. The zero-order valence-electron chi connectivity index (χ0n) is 10.6. The fraction of sp³-hybridized carbons (Fsp3) is 0.400. The van der Waals surface area contributed by atoms with Crippen molar-refractivity contribution in [3.8, 4) is 0 Å². The van der Waals surface area contributed by atoms with Crippen LogP contribution in [0, 0.1) is 0 Å². The Bertz CT molecular complexity index is 617. The number of aromatic amines is 1. The number of likely N-dealkylation sites (N-methyl/N-ethyl adjacent to an activating group) is 1. The van der Waals surface area contributed by atoms with E-state index in [-0.39, 0.29) is 5.56 Å². The molecule has 1 aliphatic rings. The lowest BCUT2D eigenvalue weighted by Crippen LogP contribution is -2.26. The minimum atomic E-state index is -0.0300. The second-order valence-corrected chi connectivity index (χ2v) is 5.22. The molecule has 0 amide bonds. The zero-order valence-corrected chi connectivity index (χ0v) is 10.6. The molecule has 0 aliphatic carbocycles. The highest BCUT2D eigenvalue weighted by Gasteiger charge is 2.20. The average molecular weight is 242 g/mol. The number of fused-ring (bicyclic) bond motifs is 1. The Labute approximate surface area is 106 Å². The Morgan fingerprint density at radius 2 is 2.17 bits per heavy atom. The Kier molecular flexibility index (Phi) is 2.92. The molecule has 2 aromatic rings. The van der Waals surface area contributed by atoms with Gasteiger partial charge in [-0.3, -0.25) is 4.79 Å². The highest BCUT2D eigenvalue weighted by Crippen LogP contribution is 2.21. The standard InChI is InChI=1S/C15H18N2O/c1-17-8-2-3-13(17)9-11-4-5-12-6-7-15(18)16-14(12)10-11/h4-7,10,13H,2-3,8-9H2,1H3,(H,16,18). The number of nitrogens with zero attached hydrogens (tertiary/aromatic N) is 1. The fourth-order valence-electron chi connectivity index (χ4n) is 2.83. The Balaban J connectivity index is 1.90. The van der Waals surface area contributed by atoms with E-state index in [1.807, 2.05) is 6.07 Å². The van der Waals surface area contributed by atoms with Crippen LogP contribution in [0.25, 0.3) is 10.9 Å². The number of likely N-dealkylation sites (tertiary alicyclic amines) is 1. The molecule has 1 aromatic heterocycles. The Morgan fingerprint density at radius 1 is 1.33 bits per heavy atom. The highest BCUT2D eigenvalue weighted by molar-refractivity contribution is 5.78. The molecule has 1 N–H and O–H groups in total. The molecule has 1 fully saturated rings. The van der Waals surface area contributed by atoms with Crippen molar-refractivity contribution in [3.05, 3.63) is 46.2 Å². The molecular formula is C15H18N2O. The lowest BCUT2D eigenvalue weighted by atomic mass is 10.0. The van der Waals surface area contributed by atoms with Crippen LogP contribution < -0.4 is 5.56 Å². The summed E-state index contributed by atoms with van der Waals surface area (Å²) in [4.78, 5) is 16.7. The van der Waals surface area contributed by atoms with E-state index in [1.165, 1.54) is 24.9 Å². The normalized spacial score (nSPS) is 20.6. The van der Waals surface area contributed by atoms with Crippen LogP contribution in [0.3, 0.4) is 0 Å². The number of nitrogens with one attached hydrogen (secondary N) is 1. The molecule has 0 spiro atoms. The van der Waals surface area contributed by atoms with Crippen LogP contribution in [0.5, 0.6) is 0 Å². The van der Waals surface area contributed by atoms with E-state index in [1.54, 1.807) is 6.07 Å². The number of H-pyrrole nitrogens is 1. The maximum atomic E-state index is 11.3. The summed E-state index contributed by atoms with van der Waals surface area (Å²) in [5.74, 6) is 0. The van der Waals surface area contributed by atoms with Crippen LogP contribution in [-0.2, 0) is 6.42 Å². The third-order valence-electron chi connectivity index (χ3n) is 3.93. The predicted octanol–water partition coefficient (Wildman–Crippen LogP) is 2.16. The smallest absolute Gasteiger partial charge is 0.248 e. The summed E-state index contributed by atoms with van der Waals surface area (Å²) in [7, 11) is 2.20. The molecule has 18 heavy (non-hydrogen) atoms. The summed E-state index contributed by atoms with van der Waals surface area (Å²) in [6, 6.07) is 10.5. The summed E-state index contributed by atoms with van der Waals surface area (Å²) < 4.78 is 0. The fourth-order valence-corrected chi connectivity index (χ4v) is 2.83. The van der Waals surface area contributed by atoms with Gasteiger partial charge in [-0.05, 0) is 55.9 Å². The summed E-state index contributed by atoms with van der Waals surface area (Å²) in [5, 5.41) is 1.10. The second kappa shape index (κ2) is 4.58. The molecule has 3 rings (SSSR count). The second-order valence-electron chi connectivity index (χ2n) is 5.22. The lowest BCUT2D eigenvalue weighted by molar-refractivity contribution is 0.309. The monoisotopic (exact) mass is 242 g/mol. The summed E-state index contributed by atoms with van der Waals surface area (Å²) in [5.41, 5.74) is 2.22. The SMILES string of the molecule is CN1CCCC1Cc1ccc2ccc(=O)[nH]c2c1.